The standard InChI is InChI=1S/C49H95P2.C5H5.Fe/c1-44(2,3)35-31-27-23-19-21-25-29-33-40-37-41(38-50(46(7,8)9)47(10,11)12)43(39-51(48(13,14)15)49(16,17)18)42(40)34-30-26-22-20-24-28-32-36-45(4,5)6;1-2-4-5-3-1;/h37H,19-36,38-39H2,1-18H3;1-5H;/q2*-1;+2. The second kappa shape index (κ2) is 26.5. The molecule has 0 aromatic heterocycles. The summed E-state index contributed by atoms with van der Waals surface area (Å²) in [6, 6.07) is 12.8. The fourth-order valence-electron chi connectivity index (χ4n) is 8.95. The average Bonchev–Trinajstić information content (AvgIpc) is 3.70. The molecule has 0 spiro atoms. The molecular formula is C54H100FeP2. The van der Waals surface area contributed by atoms with Gasteiger partial charge in [0.15, 0.2) is 0 Å². The number of rotatable bonds is 22. The summed E-state index contributed by atoms with van der Waals surface area (Å²) in [6.45, 7) is 44.7. The molecule has 2 aromatic rings. The van der Waals surface area contributed by atoms with Gasteiger partial charge in [0.05, 0.1) is 0 Å². The molecule has 0 unspecified atom stereocenters. The van der Waals surface area contributed by atoms with Gasteiger partial charge in [-0.05, 0) is 50.5 Å². The number of aryl methyl sites for hydroxylation is 1. The topological polar surface area (TPSA) is 0 Å². The van der Waals surface area contributed by atoms with Crippen molar-refractivity contribution in [2.24, 2.45) is 10.8 Å². The van der Waals surface area contributed by atoms with E-state index in [9.17, 15) is 0 Å². The van der Waals surface area contributed by atoms with Crippen LogP contribution in [-0.2, 0) is 42.2 Å². The molecule has 0 radical (unpaired) electrons. The predicted molar refractivity (Wildman–Crippen MR) is 265 cm³/mol. The number of hydrogen-bond acceptors (Lipinski definition) is 0. The molecular weight excluding hydrogens is 766 g/mol. The first-order valence-electron chi connectivity index (χ1n) is 23.6. The second-order valence-corrected chi connectivity index (χ2v) is 31.8. The van der Waals surface area contributed by atoms with E-state index in [-0.39, 0.29) is 32.9 Å². The number of hydrogen-bond donors (Lipinski definition) is 0. The van der Waals surface area contributed by atoms with E-state index in [1.165, 1.54) is 128 Å². The fourth-order valence-corrected chi connectivity index (χ4v) is 16.2. The van der Waals surface area contributed by atoms with Gasteiger partial charge in [0.1, 0.15) is 0 Å². The molecule has 0 saturated carbocycles. The van der Waals surface area contributed by atoms with Gasteiger partial charge in [-0.15, -0.1) is 7.92 Å². The molecule has 0 nitrogen and oxygen atoms in total. The van der Waals surface area contributed by atoms with Gasteiger partial charge in [-0.1, -0.05) is 241 Å². The van der Waals surface area contributed by atoms with E-state index in [1.807, 2.05) is 41.5 Å². The molecule has 57 heavy (non-hydrogen) atoms. The molecule has 0 atom stereocenters. The van der Waals surface area contributed by atoms with Gasteiger partial charge in [0.2, 0.25) is 0 Å². The minimum atomic E-state index is -0.185. The quantitative estimate of drug-likeness (QED) is 0.0479. The van der Waals surface area contributed by atoms with Crippen LogP contribution < -0.4 is 0 Å². The van der Waals surface area contributed by atoms with Crippen LogP contribution in [-0.4, -0.2) is 20.6 Å². The van der Waals surface area contributed by atoms with Crippen LogP contribution in [0.15, 0.2) is 36.4 Å². The maximum Gasteiger partial charge on any atom is 2.00 e. The van der Waals surface area contributed by atoms with E-state index in [4.69, 9.17) is 0 Å². The van der Waals surface area contributed by atoms with Crippen molar-refractivity contribution in [3.05, 3.63) is 58.7 Å². The predicted octanol–water partition coefficient (Wildman–Crippen LogP) is 19.4. The van der Waals surface area contributed by atoms with Crippen LogP contribution in [0, 0.1) is 10.8 Å². The molecule has 0 N–H and O–H groups in total. The van der Waals surface area contributed by atoms with Crippen LogP contribution in [0.3, 0.4) is 0 Å². The zero-order valence-electron chi connectivity index (χ0n) is 41.9. The Hall–Kier alpha value is 0.0795. The van der Waals surface area contributed by atoms with E-state index < -0.39 is 0 Å². The zero-order chi connectivity index (χ0) is 42.8. The van der Waals surface area contributed by atoms with Crippen molar-refractivity contribution in [1.82, 2.24) is 0 Å². The monoisotopic (exact) mass is 867 g/mol. The molecule has 0 amide bonds. The largest absolute Gasteiger partial charge is 2.00 e. The van der Waals surface area contributed by atoms with Gasteiger partial charge in [-0.3, -0.25) is 0 Å². The smallest absolute Gasteiger partial charge is 0.214 e. The first-order valence-corrected chi connectivity index (χ1v) is 26.7. The Labute approximate surface area is 373 Å². The Morgan fingerprint density at radius 3 is 1.16 bits per heavy atom. The van der Waals surface area contributed by atoms with Crippen molar-refractivity contribution in [2.45, 2.75) is 273 Å². The van der Waals surface area contributed by atoms with Crippen LogP contribution in [0.2, 0.25) is 0 Å². The molecule has 2 aromatic carbocycles. The van der Waals surface area contributed by atoms with Crippen molar-refractivity contribution in [2.75, 3.05) is 0 Å². The third kappa shape index (κ3) is 26.2. The Kier molecular flexibility index (Phi) is 26.6. The van der Waals surface area contributed by atoms with Crippen LogP contribution >= 0.6 is 15.8 Å². The van der Waals surface area contributed by atoms with Gasteiger partial charge < -0.3 is 0 Å². The molecule has 3 heteroatoms. The summed E-state index contributed by atoms with van der Waals surface area (Å²) in [5, 5.41) is 1.39. The Bertz CT molecular complexity index is 1210. The SMILES string of the molecule is CC(C)(C)CCCCCCCCCc1cc(CP(C(C)(C)C)C(C)(C)C)c(CP(C(C)(C)C)C(C)(C)C)[c-]1CCCCCCCCCC(C)(C)C.[Fe+2].c1cc[cH-]c1. The Morgan fingerprint density at radius 2 is 0.807 bits per heavy atom. The zero-order valence-corrected chi connectivity index (χ0v) is 44.7. The van der Waals surface area contributed by atoms with Crippen LogP contribution in [0.4, 0.5) is 0 Å². The van der Waals surface area contributed by atoms with E-state index >= 15 is 0 Å². The van der Waals surface area contributed by atoms with E-state index in [0.717, 1.165) is 0 Å². The minimum Gasteiger partial charge on any atom is -0.214 e. The van der Waals surface area contributed by atoms with E-state index in [2.05, 4.69) is 131 Å². The van der Waals surface area contributed by atoms with Gasteiger partial charge in [0, 0.05) is 0 Å². The molecule has 2 rings (SSSR count). The maximum atomic E-state index is 2.79. The Balaban J connectivity index is 0.00000481. The average molecular weight is 867 g/mol. The molecule has 0 heterocycles. The van der Waals surface area contributed by atoms with Crippen molar-refractivity contribution in [3.8, 4) is 0 Å². The van der Waals surface area contributed by atoms with Crippen molar-refractivity contribution in [1.29, 1.82) is 0 Å². The first kappa shape index (κ1) is 57.1. The summed E-state index contributed by atoms with van der Waals surface area (Å²) in [5.41, 5.74) is 8.13. The first-order chi connectivity index (χ1) is 25.6. The molecule has 0 aliphatic heterocycles. The molecule has 334 valence electrons. The molecule has 0 fully saturated rings. The summed E-state index contributed by atoms with van der Waals surface area (Å²) >= 11 is 0. The summed E-state index contributed by atoms with van der Waals surface area (Å²) in [6.07, 6.45) is 27.7. The van der Waals surface area contributed by atoms with Gasteiger partial charge in [0.25, 0.3) is 0 Å². The van der Waals surface area contributed by atoms with E-state index in [1.54, 1.807) is 11.1 Å². The van der Waals surface area contributed by atoms with Crippen LogP contribution in [0.25, 0.3) is 0 Å². The fraction of sp³-hybridized carbons (Fsp3) is 0.815. The van der Waals surface area contributed by atoms with Crippen molar-refractivity contribution in [3.63, 3.8) is 0 Å². The molecule has 0 bridgehead atoms. The second-order valence-electron chi connectivity index (χ2n) is 24.0. The molecule has 0 aliphatic rings. The number of unbranched alkanes of at least 4 members (excludes halogenated alkanes) is 12. The van der Waals surface area contributed by atoms with Gasteiger partial charge in [-0.25, -0.2) is 18.2 Å². The van der Waals surface area contributed by atoms with E-state index in [0.29, 0.717) is 31.5 Å². The van der Waals surface area contributed by atoms with Gasteiger partial charge in [-0.2, -0.15) is 40.5 Å². The maximum absolute atomic E-state index is 2.79. The minimum absolute atomic E-state index is 0. The van der Waals surface area contributed by atoms with Crippen LogP contribution in [0.1, 0.15) is 250 Å². The van der Waals surface area contributed by atoms with Gasteiger partial charge >= 0.3 is 17.1 Å². The normalized spacial score (nSPS) is 13.3. The summed E-state index contributed by atoms with van der Waals surface area (Å²) in [5.74, 6) is 0. The molecule has 0 aliphatic carbocycles. The van der Waals surface area contributed by atoms with Crippen LogP contribution in [0.5, 0.6) is 0 Å². The molecule has 0 saturated heterocycles. The van der Waals surface area contributed by atoms with Crippen molar-refractivity contribution < 1.29 is 17.1 Å². The van der Waals surface area contributed by atoms with Crippen molar-refractivity contribution >= 4 is 15.8 Å². The third-order valence-electron chi connectivity index (χ3n) is 11.7. The Morgan fingerprint density at radius 1 is 0.456 bits per heavy atom. The summed E-state index contributed by atoms with van der Waals surface area (Å²) in [4.78, 5) is 0. The summed E-state index contributed by atoms with van der Waals surface area (Å²) in [7, 11) is -0.361. The third-order valence-corrected chi connectivity index (χ3v) is 19.4. The summed E-state index contributed by atoms with van der Waals surface area (Å²) < 4.78 is 0.